The van der Waals surface area contributed by atoms with Gasteiger partial charge in [-0.1, -0.05) is 30.3 Å². The van der Waals surface area contributed by atoms with E-state index in [1.54, 1.807) is 18.2 Å². The monoisotopic (exact) mass is 278 g/mol. The molecule has 0 unspecified atom stereocenters. The van der Waals surface area contributed by atoms with Gasteiger partial charge in [-0.05, 0) is 18.2 Å². The number of fused-ring (bicyclic) bond motifs is 1. The summed E-state index contributed by atoms with van der Waals surface area (Å²) in [5.74, 6) is 0.112. The molecule has 102 valence electrons. The fourth-order valence-corrected chi connectivity index (χ4v) is 2.12. The van der Waals surface area contributed by atoms with Gasteiger partial charge in [0, 0.05) is 17.1 Å². The summed E-state index contributed by atoms with van der Waals surface area (Å²) in [5.41, 5.74) is 1.52. The highest BCUT2D eigenvalue weighted by Gasteiger charge is 2.11. The molecule has 3 nitrogen and oxygen atoms in total. The minimum atomic E-state index is -0.325. The molecule has 0 aliphatic carbocycles. The SMILES string of the molecule is N#Cc1cnc2ccccc2c1OCc1ccccc1F. The first-order chi connectivity index (χ1) is 10.3. The number of aromatic nitrogens is 1. The number of rotatable bonds is 3. The molecule has 4 heteroatoms. The minimum Gasteiger partial charge on any atom is -0.487 e. The van der Waals surface area contributed by atoms with Crippen LogP contribution in [0.1, 0.15) is 11.1 Å². The maximum Gasteiger partial charge on any atom is 0.148 e. The van der Waals surface area contributed by atoms with Gasteiger partial charge in [-0.3, -0.25) is 4.98 Å². The van der Waals surface area contributed by atoms with E-state index in [9.17, 15) is 9.65 Å². The van der Waals surface area contributed by atoms with Gasteiger partial charge in [0.05, 0.1) is 5.52 Å². The predicted molar refractivity (Wildman–Crippen MR) is 77.2 cm³/mol. The van der Waals surface area contributed by atoms with Crippen molar-refractivity contribution in [1.82, 2.24) is 4.98 Å². The summed E-state index contributed by atoms with van der Waals surface area (Å²) >= 11 is 0. The summed E-state index contributed by atoms with van der Waals surface area (Å²) in [6.45, 7) is 0.0648. The van der Waals surface area contributed by atoms with E-state index in [1.165, 1.54) is 12.3 Å². The van der Waals surface area contributed by atoms with E-state index in [-0.39, 0.29) is 12.4 Å². The molecule has 1 heterocycles. The molecule has 21 heavy (non-hydrogen) atoms. The van der Waals surface area contributed by atoms with Gasteiger partial charge in [0.1, 0.15) is 29.8 Å². The summed E-state index contributed by atoms with van der Waals surface area (Å²) in [4.78, 5) is 4.21. The largest absolute Gasteiger partial charge is 0.487 e. The van der Waals surface area contributed by atoms with Crippen LogP contribution in [0.4, 0.5) is 4.39 Å². The molecular weight excluding hydrogens is 267 g/mol. The van der Waals surface area contributed by atoms with Crippen molar-refractivity contribution in [2.45, 2.75) is 6.61 Å². The standard InChI is InChI=1S/C17H11FN2O/c18-15-7-3-1-5-12(15)11-21-17-13(9-19)10-20-16-8-4-2-6-14(16)17/h1-8,10H,11H2. The van der Waals surface area contributed by atoms with Crippen molar-refractivity contribution in [1.29, 1.82) is 5.26 Å². The van der Waals surface area contributed by atoms with Gasteiger partial charge in [0.15, 0.2) is 0 Å². The zero-order valence-electron chi connectivity index (χ0n) is 11.1. The highest BCUT2D eigenvalue weighted by atomic mass is 19.1. The van der Waals surface area contributed by atoms with Gasteiger partial charge in [0.2, 0.25) is 0 Å². The zero-order valence-corrected chi connectivity index (χ0v) is 11.1. The number of benzene rings is 2. The van der Waals surface area contributed by atoms with Crippen LogP contribution in [0.15, 0.2) is 54.7 Å². The Morgan fingerprint density at radius 1 is 1.10 bits per heavy atom. The van der Waals surface area contributed by atoms with Crippen LogP contribution in [0.3, 0.4) is 0 Å². The van der Waals surface area contributed by atoms with Crippen LogP contribution in [0.25, 0.3) is 10.9 Å². The summed E-state index contributed by atoms with van der Waals surface area (Å²) in [5, 5.41) is 9.93. The molecule has 0 aliphatic heterocycles. The molecule has 0 spiro atoms. The maximum atomic E-state index is 13.6. The van der Waals surface area contributed by atoms with Crippen molar-refractivity contribution in [3.05, 3.63) is 71.7 Å². The first-order valence-corrected chi connectivity index (χ1v) is 6.43. The maximum absolute atomic E-state index is 13.6. The summed E-state index contributed by atoms with van der Waals surface area (Å²) in [7, 11) is 0. The number of ether oxygens (including phenoxy) is 1. The van der Waals surface area contributed by atoms with E-state index >= 15 is 0 Å². The molecule has 0 saturated heterocycles. The molecule has 2 aromatic carbocycles. The van der Waals surface area contributed by atoms with E-state index in [0.29, 0.717) is 16.9 Å². The number of pyridine rings is 1. The fourth-order valence-electron chi connectivity index (χ4n) is 2.12. The topological polar surface area (TPSA) is 45.9 Å². The van der Waals surface area contributed by atoms with Crippen molar-refractivity contribution in [2.75, 3.05) is 0 Å². The molecular formula is C17H11FN2O. The number of para-hydroxylation sites is 1. The van der Waals surface area contributed by atoms with Crippen molar-refractivity contribution < 1.29 is 9.13 Å². The Labute approximate surface area is 121 Å². The smallest absolute Gasteiger partial charge is 0.148 e. The van der Waals surface area contributed by atoms with Crippen LogP contribution in [-0.4, -0.2) is 4.98 Å². The van der Waals surface area contributed by atoms with Crippen LogP contribution in [0.5, 0.6) is 5.75 Å². The Morgan fingerprint density at radius 3 is 2.67 bits per heavy atom. The number of hydrogen-bond donors (Lipinski definition) is 0. The molecule has 0 radical (unpaired) electrons. The highest BCUT2D eigenvalue weighted by molar-refractivity contribution is 5.87. The number of nitriles is 1. The van der Waals surface area contributed by atoms with E-state index in [2.05, 4.69) is 11.1 Å². The number of halogens is 1. The molecule has 0 fully saturated rings. The number of hydrogen-bond acceptors (Lipinski definition) is 3. The molecule has 3 rings (SSSR count). The minimum absolute atomic E-state index is 0.0648. The Morgan fingerprint density at radius 2 is 1.86 bits per heavy atom. The van der Waals surface area contributed by atoms with Crippen molar-refractivity contribution in [2.24, 2.45) is 0 Å². The van der Waals surface area contributed by atoms with Gasteiger partial charge in [-0.2, -0.15) is 5.26 Å². The second-order valence-electron chi connectivity index (χ2n) is 4.51. The third kappa shape index (κ3) is 2.54. The second-order valence-corrected chi connectivity index (χ2v) is 4.51. The van der Waals surface area contributed by atoms with Crippen LogP contribution in [0.2, 0.25) is 0 Å². The van der Waals surface area contributed by atoms with Gasteiger partial charge < -0.3 is 4.74 Å². The first kappa shape index (κ1) is 13.1. The average Bonchev–Trinajstić information content (AvgIpc) is 2.53. The normalized spacial score (nSPS) is 10.3. The number of nitrogens with zero attached hydrogens (tertiary/aromatic N) is 2. The fraction of sp³-hybridized carbons (Fsp3) is 0.0588. The summed E-state index contributed by atoms with van der Waals surface area (Å²) < 4.78 is 19.3. The van der Waals surface area contributed by atoms with Crippen LogP contribution < -0.4 is 4.74 Å². The summed E-state index contributed by atoms with van der Waals surface area (Å²) in [6, 6.07) is 15.9. The Balaban J connectivity index is 2.00. The second kappa shape index (κ2) is 5.59. The predicted octanol–water partition coefficient (Wildman–Crippen LogP) is 3.82. The zero-order chi connectivity index (χ0) is 14.7. The Kier molecular flexibility index (Phi) is 3.48. The molecule has 0 saturated carbocycles. The van der Waals surface area contributed by atoms with Crippen LogP contribution in [-0.2, 0) is 6.61 Å². The first-order valence-electron chi connectivity index (χ1n) is 6.43. The van der Waals surface area contributed by atoms with Crippen LogP contribution >= 0.6 is 0 Å². The molecule has 0 amide bonds. The van der Waals surface area contributed by atoms with Crippen molar-refractivity contribution >= 4 is 10.9 Å². The van der Waals surface area contributed by atoms with E-state index in [4.69, 9.17) is 4.74 Å². The molecule has 0 aliphatic rings. The van der Waals surface area contributed by atoms with Gasteiger partial charge >= 0.3 is 0 Å². The third-order valence-corrected chi connectivity index (χ3v) is 3.18. The molecule has 1 aromatic heterocycles. The van der Waals surface area contributed by atoms with E-state index < -0.39 is 0 Å². The highest BCUT2D eigenvalue weighted by Crippen LogP contribution is 2.28. The molecule has 0 bridgehead atoms. The average molecular weight is 278 g/mol. The van der Waals surface area contributed by atoms with Gasteiger partial charge in [-0.15, -0.1) is 0 Å². The van der Waals surface area contributed by atoms with Gasteiger partial charge in [0.25, 0.3) is 0 Å². The lowest BCUT2D eigenvalue weighted by atomic mass is 10.1. The van der Waals surface area contributed by atoms with Crippen molar-refractivity contribution in [3.8, 4) is 11.8 Å². The van der Waals surface area contributed by atoms with E-state index in [1.807, 2.05) is 24.3 Å². The molecule has 3 aromatic rings. The Bertz CT molecular complexity index is 840. The quantitative estimate of drug-likeness (QED) is 0.731. The van der Waals surface area contributed by atoms with Crippen LogP contribution in [0, 0.1) is 17.1 Å². The van der Waals surface area contributed by atoms with E-state index in [0.717, 1.165) is 10.9 Å². The lowest BCUT2D eigenvalue weighted by Crippen LogP contribution is -2.01. The Hall–Kier alpha value is -2.93. The lowest BCUT2D eigenvalue weighted by molar-refractivity contribution is 0.302. The third-order valence-electron chi connectivity index (χ3n) is 3.18. The molecule has 0 atom stereocenters. The summed E-state index contributed by atoms with van der Waals surface area (Å²) in [6.07, 6.45) is 1.47. The van der Waals surface area contributed by atoms with Crippen molar-refractivity contribution in [3.63, 3.8) is 0 Å². The lowest BCUT2D eigenvalue weighted by Gasteiger charge is -2.11. The molecule has 0 N–H and O–H groups in total. The van der Waals surface area contributed by atoms with Gasteiger partial charge in [-0.25, -0.2) is 4.39 Å².